The van der Waals surface area contributed by atoms with Crippen LogP contribution in [0.1, 0.15) is 12.5 Å². The maximum absolute atomic E-state index is 14.0. The van der Waals surface area contributed by atoms with Gasteiger partial charge in [0.15, 0.2) is 5.65 Å². The molecule has 0 aliphatic carbocycles. The minimum atomic E-state index is -0.814. The number of pyridine rings is 1. The van der Waals surface area contributed by atoms with E-state index in [4.69, 9.17) is 9.72 Å². The largest absolute Gasteiger partial charge is 0.497 e. The SMILES string of the molecule is COc1ccc(-c2nc3cccnc3n2[C@@H]2CCN(C(=O)Nc3ccc(F)cc3F)C2)cc1. The van der Waals surface area contributed by atoms with Crippen molar-refractivity contribution in [3.05, 3.63) is 72.4 Å². The number of benzene rings is 2. The van der Waals surface area contributed by atoms with Crippen molar-refractivity contribution < 1.29 is 18.3 Å². The van der Waals surface area contributed by atoms with E-state index >= 15 is 0 Å². The second-order valence-electron chi connectivity index (χ2n) is 7.82. The molecule has 9 heteroatoms. The van der Waals surface area contributed by atoms with Gasteiger partial charge in [-0.25, -0.2) is 23.5 Å². The summed E-state index contributed by atoms with van der Waals surface area (Å²) in [5.74, 6) is -0.0116. The molecule has 4 aromatic rings. The fourth-order valence-corrected chi connectivity index (χ4v) is 4.14. The zero-order chi connectivity index (χ0) is 22.9. The van der Waals surface area contributed by atoms with Crippen LogP contribution < -0.4 is 10.1 Å². The highest BCUT2D eigenvalue weighted by Gasteiger charge is 2.31. The smallest absolute Gasteiger partial charge is 0.321 e. The zero-order valence-corrected chi connectivity index (χ0v) is 17.8. The van der Waals surface area contributed by atoms with Crippen molar-refractivity contribution in [3.63, 3.8) is 0 Å². The second-order valence-corrected chi connectivity index (χ2v) is 7.82. The molecule has 2 amide bonds. The standard InChI is InChI=1S/C24H21F2N5O2/c1-33-18-7-4-15(5-8-18)22-28-21-3-2-11-27-23(21)31(22)17-10-12-30(14-17)24(32)29-20-9-6-16(25)13-19(20)26/h2-9,11,13,17H,10,12,14H2,1H3,(H,29,32)/t17-/m1/s1. The van der Waals surface area contributed by atoms with Crippen molar-refractivity contribution in [2.24, 2.45) is 0 Å². The summed E-state index contributed by atoms with van der Waals surface area (Å²) in [7, 11) is 1.62. The highest BCUT2D eigenvalue weighted by Crippen LogP contribution is 2.33. The molecule has 0 saturated carbocycles. The normalized spacial score (nSPS) is 15.7. The number of fused-ring (bicyclic) bond motifs is 1. The van der Waals surface area contributed by atoms with Crippen molar-refractivity contribution >= 4 is 22.9 Å². The summed E-state index contributed by atoms with van der Waals surface area (Å²) in [4.78, 5) is 23.7. The third-order valence-corrected chi connectivity index (χ3v) is 5.79. The Balaban J connectivity index is 1.43. The van der Waals surface area contributed by atoms with E-state index in [1.807, 2.05) is 36.4 Å². The van der Waals surface area contributed by atoms with Crippen molar-refractivity contribution in [1.82, 2.24) is 19.4 Å². The lowest BCUT2D eigenvalue weighted by atomic mass is 10.2. The molecule has 1 atom stereocenters. The van der Waals surface area contributed by atoms with E-state index in [-0.39, 0.29) is 11.7 Å². The Morgan fingerprint density at radius 1 is 1.15 bits per heavy atom. The van der Waals surface area contributed by atoms with Crippen LogP contribution in [0.2, 0.25) is 0 Å². The molecule has 5 rings (SSSR count). The molecule has 1 aliphatic heterocycles. The van der Waals surface area contributed by atoms with Crippen LogP contribution in [0.25, 0.3) is 22.6 Å². The number of methoxy groups -OCH3 is 1. The number of rotatable bonds is 4. The van der Waals surface area contributed by atoms with E-state index in [0.717, 1.165) is 40.4 Å². The van der Waals surface area contributed by atoms with Gasteiger partial charge < -0.3 is 19.5 Å². The average Bonchev–Trinajstić information content (AvgIpc) is 3.46. The lowest BCUT2D eigenvalue weighted by molar-refractivity contribution is 0.221. The highest BCUT2D eigenvalue weighted by atomic mass is 19.1. The fourth-order valence-electron chi connectivity index (χ4n) is 4.14. The first-order valence-electron chi connectivity index (χ1n) is 10.5. The summed E-state index contributed by atoms with van der Waals surface area (Å²) in [6.07, 6.45) is 2.40. The number of hydrogen-bond acceptors (Lipinski definition) is 4. The Morgan fingerprint density at radius 2 is 1.97 bits per heavy atom. The van der Waals surface area contributed by atoms with Crippen molar-refractivity contribution in [2.75, 3.05) is 25.5 Å². The highest BCUT2D eigenvalue weighted by molar-refractivity contribution is 5.89. The lowest BCUT2D eigenvalue weighted by Crippen LogP contribution is -2.33. The molecule has 7 nitrogen and oxygen atoms in total. The third-order valence-electron chi connectivity index (χ3n) is 5.79. The van der Waals surface area contributed by atoms with Gasteiger partial charge in [-0.15, -0.1) is 0 Å². The molecule has 2 aromatic carbocycles. The molecule has 1 fully saturated rings. The number of halogens is 2. The number of likely N-dealkylation sites (tertiary alicyclic amines) is 1. The van der Waals surface area contributed by atoms with Gasteiger partial charge in [0, 0.05) is 30.9 Å². The van der Waals surface area contributed by atoms with Crippen LogP contribution >= 0.6 is 0 Å². The predicted octanol–water partition coefficient (Wildman–Crippen LogP) is 4.86. The maximum atomic E-state index is 14.0. The van der Waals surface area contributed by atoms with Gasteiger partial charge in [0.1, 0.15) is 28.7 Å². The minimum Gasteiger partial charge on any atom is -0.497 e. The summed E-state index contributed by atoms with van der Waals surface area (Å²) in [6.45, 7) is 0.883. The molecular formula is C24H21F2N5O2. The third kappa shape index (κ3) is 3.97. The van der Waals surface area contributed by atoms with Gasteiger partial charge in [0.2, 0.25) is 0 Å². The summed E-state index contributed by atoms with van der Waals surface area (Å²) in [5.41, 5.74) is 2.35. The number of nitrogens with zero attached hydrogens (tertiary/aromatic N) is 4. The Hall–Kier alpha value is -4.01. The molecule has 1 aliphatic rings. The average molecular weight is 449 g/mol. The number of ether oxygens (including phenoxy) is 1. The summed E-state index contributed by atoms with van der Waals surface area (Å²) in [6, 6.07) is 13.9. The van der Waals surface area contributed by atoms with Crippen LogP contribution in [-0.4, -0.2) is 45.7 Å². The van der Waals surface area contributed by atoms with E-state index in [1.165, 1.54) is 6.07 Å². The van der Waals surface area contributed by atoms with Crippen molar-refractivity contribution in [1.29, 1.82) is 0 Å². The Labute approximate surface area is 188 Å². The molecule has 0 spiro atoms. The number of aromatic nitrogens is 3. The summed E-state index contributed by atoms with van der Waals surface area (Å²) >= 11 is 0. The van der Waals surface area contributed by atoms with Gasteiger partial charge in [-0.2, -0.15) is 0 Å². The molecule has 1 saturated heterocycles. The van der Waals surface area contributed by atoms with Gasteiger partial charge in [0.25, 0.3) is 0 Å². The number of anilines is 1. The van der Waals surface area contributed by atoms with Crippen molar-refractivity contribution in [3.8, 4) is 17.1 Å². The predicted molar refractivity (Wildman–Crippen MR) is 120 cm³/mol. The number of hydrogen-bond donors (Lipinski definition) is 1. The van der Waals surface area contributed by atoms with E-state index < -0.39 is 17.7 Å². The van der Waals surface area contributed by atoms with E-state index in [1.54, 1.807) is 18.2 Å². The Morgan fingerprint density at radius 3 is 2.73 bits per heavy atom. The van der Waals surface area contributed by atoms with Gasteiger partial charge in [-0.3, -0.25) is 0 Å². The van der Waals surface area contributed by atoms with E-state index in [2.05, 4.69) is 14.9 Å². The molecule has 0 unspecified atom stereocenters. The molecule has 0 radical (unpaired) electrons. The van der Waals surface area contributed by atoms with Crippen LogP contribution in [-0.2, 0) is 0 Å². The number of amides is 2. The zero-order valence-electron chi connectivity index (χ0n) is 17.8. The molecule has 0 bridgehead atoms. The minimum absolute atomic E-state index is 0.0569. The number of urea groups is 1. The van der Waals surface area contributed by atoms with E-state index in [0.29, 0.717) is 19.5 Å². The molecule has 1 N–H and O–H groups in total. The maximum Gasteiger partial charge on any atom is 0.321 e. The first kappa shape index (κ1) is 20.9. The molecule has 3 heterocycles. The monoisotopic (exact) mass is 449 g/mol. The Bertz CT molecular complexity index is 1320. The van der Waals surface area contributed by atoms with Crippen LogP contribution in [0.4, 0.5) is 19.3 Å². The number of carbonyl (C=O) groups excluding carboxylic acids is 1. The van der Waals surface area contributed by atoms with Crippen LogP contribution in [0, 0.1) is 11.6 Å². The van der Waals surface area contributed by atoms with Crippen molar-refractivity contribution in [2.45, 2.75) is 12.5 Å². The molecule has 2 aromatic heterocycles. The molecular weight excluding hydrogens is 428 g/mol. The molecule has 168 valence electrons. The topological polar surface area (TPSA) is 72.3 Å². The van der Waals surface area contributed by atoms with Gasteiger partial charge in [-0.1, -0.05) is 0 Å². The summed E-state index contributed by atoms with van der Waals surface area (Å²) in [5, 5.41) is 2.53. The van der Waals surface area contributed by atoms with Gasteiger partial charge >= 0.3 is 6.03 Å². The number of carbonyl (C=O) groups is 1. The molecule has 33 heavy (non-hydrogen) atoms. The van der Waals surface area contributed by atoms with Crippen LogP contribution in [0.3, 0.4) is 0 Å². The number of imidazole rings is 1. The van der Waals surface area contributed by atoms with Gasteiger partial charge in [-0.05, 0) is 55.0 Å². The fraction of sp³-hybridized carbons (Fsp3) is 0.208. The van der Waals surface area contributed by atoms with E-state index in [9.17, 15) is 13.6 Å². The van der Waals surface area contributed by atoms with Crippen LogP contribution in [0.15, 0.2) is 60.8 Å². The quantitative estimate of drug-likeness (QED) is 0.483. The number of nitrogens with one attached hydrogen (secondary N) is 1. The first-order valence-corrected chi connectivity index (χ1v) is 10.5. The first-order chi connectivity index (χ1) is 16.0. The summed E-state index contributed by atoms with van der Waals surface area (Å²) < 4.78 is 34.4. The lowest BCUT2D eigenvalue weighted by Gasteiger charge is -2.19. The Kier molecular flexibility index (Phi) is 5.37. The van der Waals surface area contributed by atoms with Crippen LogP contribution in [0.5, 0.6) is 5.75 Å². The van der Waals surface area contributed by atoms with Gasteiger partial charge in [0.05, 0.1) is 18.8 Å². The second kappa shape index (κ2) is 8.50.